The van der Waals surface area contributed by atoms with E-state index in [1.54, 1.807) is 18.2 Å². The van der Waals surface area contributed by atoms with Crippen molar-refractivity contribution in [3.63, 3.8) is 0 Å². The van der Waals surface area contributed by atoms with Crippen molar-refractivity contribution >= 4 is 27.5 Å². The van der Waals surface area contributed by atoms with Gasteiger partial charge in [-0.3, -0.25) is 9.88 Å². The van der Waals surface area contributed by atoms with Crippen LogP contribution in [-0.2, 0) is 11.2 Å². The standard InChI is InChI=1S/C35H40F3N5O4/c1-4-24-27(37)7-6-21-12-23(47-19-45-3)13-25(29(21)24)31-30(38)32-26(15-39-31)33(42-11-8-20(2)28(44)17-42)41-34(40-32)46-18-35-9-5-10-43(35)16-22(36)14-35/h6-7,12-13,15,20,22,28,44H,4-5,8-11,14,16-19H2,1-3H3/t20-,22-,28+,35+/m1/s1. The summed E-state index contributed by atoms with van der Waals surface area (Å²) in [4.78, 5) is 18.0. The van der Waals surface area contributed by atoms with E-state index in [1.807, 2.05) is 18.7 Å². The smallest absolute Gasteiger partial charge is 0.319 e. The number of aliphatic hydroxyl groups is 1. The summed E-state index contributed by atoms with van der Waals surface area (Å²) >= 11 is 0. The zero-order chi connectivity index (χ0) is 32.9. The van der Waals surface area contributed by atoms with E-state index in [-0.39, 0.29) is 36.5 Å². The Balaban J connectivity index is 1.38. The summed E-state index contributed by atoms with van der Waals surface area (Å²) in [5.41, 5.74) is 0.312. The molecular formula is C35H40F3N5O4. The SMILES string of the molecule is CCc1c(F)ccc2cc(OCOC)cc(-c3ncc4c(N5CC[C@@H](C)[C@@H](O)C5)nc(OC[C@@]56CCCN5C[C@H](F)C6)nc4c3F)c12. The molecule has 0 spiro atoms. The predicted molar refractivity (Wildman–Crippen MR) is 173 cm³/mol. The molecule has 7 rings (SSSR count). The van der Waals surface area contributed by atoms with Crippen LogP contribution in [0.15, 0.2) is 30.5 Å². The Bertz CT molecular complexity index is 1810. The monoisotopic (exact) mass is 651 g/mol. The second-order valence-electron chi connectivity index (χ2n) is 13.2. The molecule has 0 bridgehead atoms. The van der Waals surface area contributed by atoms with Gasteiger partial charge < -0.3 is 24.2 Å². The van der Waals surface area contributed by atoms with Gasteiger partial charge in [-0.15, -0.1) is 0 Å². The van der Waals surface area contributed by atoms with Crippen molar-refractivity contribution in [1.82, 2.24) is 19.9 Å². The lowest BCUT2D eigenvalue weighted by molar-refractivity contribution is 0.0512. The molecule has 3 saturated heterocycles. The van der Waals surface area contributed by atoms with Crippen molar-refractivity contribution < 1.29 is 32.5 Å². The van der Waals surface area contributed by atoms with Crippen LogP contribution in [0, 0.1) is 17.6 Å². The number of piperidine rings is 1. The fourth-order valence-corrected chi connectivity index (χ4v) is 7.63. The third-order valence-electron chi connectivity index (χ3n) is 10.2. The summed E-state index contributed by atoms with van der Waals surface area (Å²) in [6.07, 6.45) is 3.23. The molecule has 0 saturated carbocycles. The van der Waals surface area contributed by atoms with Crippen LogP contribution in [-0.4, -0.2) is 89.5 Å². The number of fused-ring (bicyclic) bond motifs is 3. The molecule has 47 heavy (non-hydrogen) atoms. The van der Waals surface area contributed by atoms with Gasteiger partial charge in [-0.25, -0.2) is 13.2 Å². The highest BCUT2D eigenvalue weighted by Crippen LogP contribution is 2.42. The summed E-state index contributed by atoms with van der Waals surface area (Å²) < 4.78 is 63.6. The summed E-state index contributed by atoms with van der Waals surface area (Å²) in [6.45, 7) is 6.08. The first-order valence-corrected chi connectivity index (χ1v) is 16.4. The summed E-state index contributed by atoms with van der Waals surface area (Å²) in [6, 6.07) is 6.41. The highest BCUT2D eigenvalue weighted by atomic mass is 19.1. The van der Waals surface area contributed by atoms with Crippen molar-refractivity contribution in [2.75, 3.05) is 51.6 Å². The molecule has 12 heteroatoms. The zero-order valence-electron chi connectivity index (χ0n) is 26.9. The molecule has 2 aromatic carbocycles. The number of β-amino-alcohol motifs (C(OH)–C–C–N with tert-alkyl or cyclic N) is 1. The van der Waals surface area contributed by atoms with E-state index in [9.17, 15) is 9.50 Å². The van der Waals surface area contributed by atoms with Gasteiger partial charge in [0, 0.05) is 44.9 Å². The number of hydrogen-bond acceptors (Lipinski definition) is 9. The molecule has 3 fully saturated rings. The molecule has 5 heterocycles. The summed E-state index contributed by atoms with van der Waals surface area (Å²) in [7, 11) is 1.50. The van der Waals surface area contributed by atoms with E-state index in [2.05, 4.69) is 14.9 Å². The summed E-state index contributed by atoms with van der Waals surface area (Å²) in [5, 5.41) is 12.3. The van der Waals surface area contributed by atoms with Crippen LogP contribution in [0.5, 0.6) is 11.8 Å². The number of ether oxygens (including phenoxy) is 3. The molecule has 0 aliphatic carbocycles. The zero-order valence-corrected chi connectivity index (χ0v) is 26.9. The average molecular weight is 652 g/mol. The fraction of sp³-hybridized carbons (Fsp3) is 0.514. The lowest BCUT2D eigenvalue weighted by Crippen LogP contribution is -2.44. The average Bonchev–Trinajstić information content (AvgIpc) is 3.59. The van der Waals surface area contributed by atoms with E-state index in [0.29, 0.717) is 71.3 Å². The first-order chi connectivity index (χ1) is 22.7. The van der Waals surface area contributed by atoms with Crippen LogP contribution in [0.1, 0.15) is 45.1 Å². The van der Waals surface area contributed by atoms with Crippen LogP contribution in [0.3, 0.4) is 0 Å². The number of rotatable bonds is 9. The number of alkyl halides is 1. The quantitative estimate of drug-likeness (QED) is 0.225. The Labute approximate surface area is 271 Å². The Morgan fingerprint density at radius 3 is 2.74 bits per heavy atom. The number of aryl methyl sites for hydroxylation is 1. The maximum absolute atomic E-state index is 17.0. The Morgan fingerprint density at radius 2 is 1.96 bits per heavy atom. The van der Waals surface area contributed by atoms with E-state index in [0.717, 1.165) is 25.8 Å². The van der Waals surface area contributed by atoms with Crippen LogP contribution < -0.4 is 14.4 Å². The van der Waals surface area contributed by atoms with Gasteiger partial charge >= 0.3 is 6.01 Å². The first kappa shape index (κ1) is 31.8. The van der Waals surface area contributed by atoms with Crippen molar-refractivity contribution in [2.45, 2.75) is 63.8 Å². The second-order valence-corrected chi connectivity index (χ2v) is 13.2. The number of benzene rings is 2. The second kappa shape index (κ2) is 12.7. The van der Waals surface area contributed by atoms with Crippen molar-refractivity contribution in [3.8, 4) is 23.0 Å². The molecule has 0 radical (unpaired) electrons. The van der Waals surface area contributed by atoms with Crippen LogP contribution >= 0.6 is 0 Å². The van der Waals surface area contributed by atoms with Crippen molar-refractivity contribution in [2.24, 2.45) is 5.92 Å². The molecule has 0 amide bonds. The maximum Gasteiger partial charge on any atom is 0.319 e. The van der Waals surface area contributed by atoms with Gasteiger partial charge in [0.15, 0.2) is 12.6 Å². The number of anilines is 1. The molecule has 250 valence electrons. The van der Waals surface area contributed by atoms with E-state index in [1.165, 1.54) is 19.4 Å². The lowest BCUT2D eigenvalue weighted by atomic mass is 9.94. The molecule has 9 nitrogen and oxygen atoms in total. The highest BCUT2D eigenvalue weighted by molar-refractivity contribution is 6.01. The number of aliphatic hydroxyl groups excluding tert-OH is 1. The molecule has 4 aromatic rings. The van der Waals surface area contributed by atoms with Crippen LogP contribution in [0.25, 0.3) is 32.9 Å². The largest absolute Gasteiger partial charge is 0.468 e. The third kappa shape index (κ3) is 5.74. The molecule has 2 aromatic heterocycles. The van der Waals surface area contributed by atoms with Gasteiger partial charge in [-0.2, -0.15) is 9.97 Å². The minimum Gasteiger partial charge on any atom is -0.468 e. The van der Waals surface area contributed by atoms with E-state index >= 15 is 8.78 Å². The number of nitrogens with zero attached hydrogens (tertiary/aromatic N) is 5. The molecule has 0 unspecified atom stereocenters. The number of hydrogen-bond donors (Lipinski definition) is 1. The molecule has 4 atom stereocenters. The van der Waals surface area contributed by atoms with Gasteiger partial charge in [0.2, 0.25) is 0 Å². The third-order valence-corrected chi connectivity index (χ3v) is 10.2. The van der Waals surface area contributed by atoms with E-state index in [4.69, 9.17) is 19.2 Å². The van der Waals surface area contributed by atoms with Gasteiger partial charge in [-0.05, 0) is 72.7 Å². The molecule has 3 aliphatic heterocycles. The van der Waals surface area contributed by atoms with Crippen molar-refractivity contribution in [1.29, 1.82) is 0 Å². The van der Waals surface area contributed by atoms with Gasteiger partial charge in [-0.1, -0.05) is 19.9 Å². The van der Waals surface area contributed by atoms with Gasteiger partial charge in [0.1, 0.15) is 41.4 Å². The topological polar surface area (TPSA) is 93.1 Å². The van der Waals surface area contributed by atoms with E-state index < -0.39 is 29.4 Å². The van der Waals surface area contributed by atoms with Crippen LogP contribution in [0.2, 0.25) is 0 Å². The Kier molecular flexibility index (Phi) is 8.60. The molecular weight excluding hydrogens is 611 g/mol. The molecule has 3 aliphatic rings. The number of pyridine rings is 1. The summed E-state index contributed by atoms with van der Waals surface area (Å²) in [5.74, 6) is -0.185. The van der Waals surface area contributed by atoms with Crippen LogP contribution in [0.4, 0.5) is 19.0 Å². The Morgan fingerprint density at radius 1 is 1.11 bits per heavy atom. The normalized spacial score (nSPS) is 24.7. The minimum atomic E-state index is -0.925. The van der Waals surface area contributed by atoms with Gasteiger partial charge in [0.25, 0.3) is 0 Å². The lowest BCUT2D eigenvalue weighted by Gasteiger charge is -2.35. The fourth-order valence-electron chi connectivity index (χ4n) is 7.63. The minimum absolute atomic E-state index is 0.00973. The Hall–Kier alpha value is -3.74. The molecule has 1 N–H and O–H groups in total. The number of halogens is 3. The first-order valence-electron chi connectivity index (χ1n) is 16.4. The number of aromatic nitrogens is 3. The maximum atomic E-state index is 17.0. The van der Waals surface area contributed by atoms with Crippen molar-refractivity contribution in [3.05, 3.63) is 47.7 Å². The highest BCUT2D eigenvalue weighted by Gasteiger charge is 2.49. The number of methoxy groups -OCH3 is 1. The predicted octanol–water partition coefficient (Wildman–Crippen LogP) is 5.83. The van der Waals surface area contributed by atoms with Gasteiger partial charge in [0.05, 0.1) is 17.0 Å².